The first kappa shape index (κ1) is 11.9. The molecule has 17 heavy (non-hydrogen) atoms. The number of rotatable bonds is 2. The molecule has 2 rings (SSSR count). The van der Waals surface area contributed by atoms with Crippen LogP contribution in [-0.2, 0) is 4.57 Å². The van der Waals surface area contributed by atoms with Gasteiger partial charge in [0.2, 0.25) is 5.30 Å². The maximum atomic E-state index is 13.7. The van der Waals surface area contributed by atoms with E-state index >= 15 is 0 Å². The van der Waals surface area contributed by atoms with Crippen LogP contribution in [0.15, 0.2) is 42.5 Å². The fourth-order valence-electron chi connectivity index (χ4n) is 1.83. The second kappa shape index (κ2) is 4.74. The summed E-state index contributed by atoms with van der Waals surface area (Å²) in [7, 11) is -2.49. The van der Waals surface area contributed by atoms with Crippen LogP contribution in [0.3, 0.4) is 0 Å². The number of aryl methyl sites for hydroxylation is 1. The number of hydrogen-bond acceptors (Lipinski definition) is 1. The van der Waals surface area contributed by atoms with Gasteiger partial charge in [0.05, 0.1) is 0 Å². The lowest BCUT2D eigenvalue weighted by Gasteiger charge is -2.06. The van der Waals surface area contributed by atoms with Crippen LogP contribution in [0.2, 0.25) is 0 Å². The van der Waals surface area contributed by atoms with E-state index in [1.165, 1.54) is 6.07 Å². The summed E-state index contributed by atoms with van der Waals surface area (Å²) in [4.78, 5) is 9.27. The van der Waals surface area contributed by atoms with Crippen molar-refractivity contribution in [1.82, 2.24) is 0 Å². The highest BCUT2D eigenvalue weighted by molar-refractivity contribution is 7.47. The smallest absolute Gasteiger partial charge is 0.206 e. The van der Waals surface area contributed by atoms with Gasteiger partial charge in [-0.3, -0.25) is 0 Å². The van der Waals surface area contributed by atoms with Gasteiger partial charge in [-0.05, 0) is 29.2 Å². The minimum atomic E-state index is -2.49. The van der Waals surface area contributed by atoms with Crippen LogP contribution in [0.4, 0.5) is 4.39 Å². The molecular weight excluding hydrogens is 238 g/mol. The Kier molecular flexibility index (Phi) is 3.32. The monoisotopic (exact) mass is 249 g/mol. The van der Waals surface area contributed by atoms with Gasteiger partial charge in [-0.25, -0.2) is 4.39 Å². The number of hydrogen-bond donors (Lipinski definition) is 1. The van der Waals surface area contributed by atoms with Gasteiger partial charge in [0.25, 0.3) is 0 Å². The molecule has 2 aromatic rings. The van der Waals surface area contributed by atoms with Crippen molar-refractivity contribution >= 4 is 13.3 Å². The highest BCUT2D eigenvalue weighted by atomic mass is 31.1. The SMILES string of the molecule is Cc1cccc([P+](=O)O)c1-c1ccccc1F. The lowest BCUT2D eigenvalue weighted by molar-refractivity contribution is 0.513. The Balaban J connectivity index is 2.75. The van der Waals surface area contributed by atoms with Gasteiger partial charge >= 0.3 is 8.03 Å². The van der Waals surface area contributed by atoms with Crippen molar-refractivity contribution in [2.45, 2.75) is 6.92 Å². The van der Waals surface area contributed by atoms with Crippen LogP contribution in [0.5, 0.6) is 0 Å². The molecule has 0 saturated heterocycles. The predicted molar refractivity (Wildman–Crippen MR) is 66.0 cm³/mol. The second-order valence-corrected chi connectivity index (χ2v) is 4.75. The topological polar surface area (TPSA) is 37.3 Å². The molecule has 0 spiro atoms. The van der Waals surface area contributed by atoms with Crippen molar-refractivity contribution in [2.75, 3.05) is 0 Å². The molecule has 2 aromatic carbocycles. The van der Waals surface area contributed by atoms with Gasteiger partial charge in [-0.2, -0.15) is 4.89 Å². The molecule has 86 valence electrons. The molecule has 0 aliphatic rings. The number of halogens is 1. The van der Waals surface area contributed by atoms with E-state index in [9.17, 15) is 13.8 Å². The van der Waals surface area contributed by atoms with Crippen molar-refractivity contribution in [3.8, 4) is 11.1 Å². The molecule has 1 atom stereocenters. The second-order valence-electron chi connectivity index (χ2n) is 3.72. The van der Waals surface area contributed by atoms with Crippen molar-refractivity contribution in [2.24, 2.45) is 0 Å². The van der Waals surface area contributed by atoms with Crippen LogP contribution < -0.4 is 5.30 Å². The Morgan fingerprint density at radius 3 is 2.47 bits per heavy atom. The predicted octanol–water partition coefficient (Wildman–Crippen LogP) is 3.16. The van der Waals surface area contributed by atoms with Crippen LogP contribution in [0.1, 0.15) is 5.56 Å². The van der Waals surface area contributed by atoms with E-state index in [2.05, 4.69) is 0 Å². The fourth-order valence-corrected chi connectivity index (χ4v) is 2.53. The molecule has 0 amide bonds. The molecule has 2 nitrogen and oxygen atoms in total. The molecule has 0 radical (unpaired) electrons. The quantitative estimate of drug-likeness (QED) is 0.830. The van der Waals surface area contributed by atoms with E-state index in [1.807, 2.05) is 0 Å². The molecule has 0 aliphatic carbocycles. The highest BCUT2D eigenvalue weighted by Gasteiger charge is 2.25. The summed E-state index contributed by atoms with van der Waals surface area (Å²) in [5.74, 6) is -0.389. The minimum Gasteiger partial charge on any atom is -0.206 e. The summed E-state index contributed by atoms with van der Waals surface area (Å²) in [5, 5.41) is 0.269. The first-order valence-corrected chi connectivity index (χ1v) is 6.33. The van der Waals surface area contributed by atoms with E-state index in [0.29, 0.717) is 11.1 Å². The molecule has 0 aliphatic heterocycles. The van der Waals surface area contributed by atoms with Crippen molar-refractivity contribution < 1.29 is 13.8 Å². The van der Waals surface area contributed by atoms with Gasteiger partial charge in [0.15, 0.2) is 0 Å². The first-order valence-electron chi connectivity index (χ1n) is 5.12. The Morgan fingerprint density at radius 1 is 1.12 bits per heavy atom. The fraction of sp³-hybridized carbons (Fsp3) is 0.0769. The normalized spacial score (nSPS) is 11.4. The molecule has 1 N–H and O–H groups in total. The Labute approximate surface area is 99.6 Å². The zero-order valence-corrected chi connectivity index (χ0v) is 10.1. The minimum absolute atomic E-state index is 0.269. The lowest BCUT2D eigenvalue weighted by Crippen LogP contribution is -2.04. The molecule has 1 unspecified atom stereocenters. The average Bonchev–Trinajstić information content (AvgIpc) is 2.30. The standard InChI is InChI=1S/C13H10FO2P/c1-9-5-4-8-12(17(15)16)13(9)10-6-2-3-7-11(10)14/h2-8H,1H3/p+1. The first-order chi connectivity index (χ1) is 8.11. The zero-order chi connectivity index (χ0) is 12.4. The van der Waals surface area contributed by atoms with Gasteiger partial charge in [0.1, 0.15) is 5.82 Å². The van der Waals surface area contributed by atoms with E-state index in [-0.39, 0.29) is 11.1 Å². The Hall–Kier alpha value is -1.57. The summed E-state index contributed by atoms with van der Waals surface area (Å²) >= 11 is 0. The molecular formula is C13H11FO2P+. The van der Waals surface area contributed by atoms with Gasteiger partial charge in [-0.1, -0.05) is 30.3 Å². The van der Waals surface area contributed by atoms with Gasteiger partial charge < -0.3 is 0 Å². The summed E-state index contributed by atoms with van der Waals surface area (Å²) in [6, 6.07) is 11.3. The van der Waals surface area contributed by atoms with Gasteiger partial charge in [0, 0.05) is 11.1 Å². The third-order valence-electron chi connectivity index (χ3n) is 2.60. The zero-order valence-electron chi connectivity index (χ0n) is 9.22. The van der Waals surface area contributed by atoms with Crippen LogP contribution in [-0.4, -0.2) is 4.89 Å². The van der Waals surface area contributed by atoms with E-state index in [0.717, 1.165) is 5.56 Å². The van der Waals surface area contributed by atoms with Crippen molar-refractivity contribution in [1.29, 1.82) is 0 Å². The molecule has 0 saturated carbocycles. The summed E-state index contributed by atoms with van der Waals surface area (Å²) in [6.45, 7) is 1.80. The largest absolute Gasteiger partial charge is 0.546 e. The number of benzene rings is 2. The van der Waals surface area contributed by atoms with E-state index < -0.39 is 8.03 Å². The molecule has 0 bridgehead atoms. The molecule has 0 aromatic heterocycles. The Morgan fingerprint density at radius 2 is 1.82 bits per heavy atom. The van der Waals surface area contributed by atoms with Crippen LogP contribution >= 0.6 is 8.03 Å². The summed E-state index contributed by atoms with van der Waals surface area (Å²) < 4.78 is 25.0. The molecule has 0 fully saturated rings. The van der Waals surface area contributed by atoms with E-state index in [1.54, 1.807) is 43.3 Å². The Bertz CT molecular complexity index is 581. The average molecular weight is 249 g/mol. The molecule has 0 heterocycles. The van der Waals surface area contributed by atoms with Crippen LogP contribution in [0, 0.1) is 12.7 Å². The third-order valence-corrected chi connectivity index (χ3v) is 3.38. The molecule has 4 heteroatoms. The summed E-state index contributed by atoms with van der Waals surface area (Å²) in [5.41, 5.74) is 1.65. The maximum absolute atomic E-state index is 13.7. The van der Waals surface area contributed by atoms with E-state index in [4.69, 9.17) is 0 Å². The lowest BCUT2D eigenvalue weighted by atomic mass is 10.0. The van der Waals surface area contributed by atoms with Gasteiger partial charge in [-0.15, -0.1) is 0 Å². The van der Waals surface area contributed by atoms with Crippen LogP contribution in [0.25, 0.3) is 11.1 Å². The van der Waals surface area contributed by atoms with Crippen molar-refractivity contribution in [3.05, 3.63) is 53.8 Å². The maximum Gasteiger partial charge on any atom is 0.546 e. The van der Waals surface area contributed by atoms with Crippen molar-refractivity contribution in [3.63, 3.8) is 0 Å². The third kappa shape index (κ3) is 2.26. The highest BCUT2D eigenvalue weighted by Crippen LogP contribution is 2.29. The summed E-state index contributed by atoms with van der Waals surface area (Å²) in [6.07, 6.45) is 0.